The van der Waals surface area contributed by atoms with Crippen molar-refractivity contribution in [2.24, 2.45) is 0 Å². The van der Waals surface area contributed by atoms with Crippen molar-refractivity contribution in [1.82, 2.24) is 10.2 Å². The van der Waals surface area contributed by atoms with Gasteiger partial charge in [0.05, 0.1) is 10.6 Å². The van der Waals surface area contributed by atoms with Gasteiger partial charge in [0.1, 0.15) is 12.6 Å². The van der Waals surface area contributed by atoms with Crippen LogP contribution in [0.25, 0.3) is 0 Å². The molecule has 1 N–H and O–H groups in total. The molecule has 0 aromatic heterocycles. The van der Waals surface area contributed by atoms with Gasteiger partial charge in [-0.15, -0.1) is 0 Å². The molecule has 0 aliphatic carbocycles. The number of sulfonamides is 1. The molecule has 0 saturated heterocycles. The van der Waals surface area contributed by atoms with E-state index in [1.807, 2.05) is 38.1 Å². The van der Waals surface area contributed by atoms with Crippen LogP contribution in [0.1, 0.15) is 32.8 Å². The van der Waals surface area contributed by atoms with Crippen molar-refractivity contribution in [2.45, 2.75) is 50.7 Å². The number of benzene rings is 3. The number of amides is 2. The summed E-state index contributed by atoms with van der Waals surface area (Å²) in [5.41, 5.74) is 0.996. The number of halogens is 3. The van der Waals surface area contributed by atoms with Crippen molar-refractivity contribution >= 4 is 66.7 Å². The van der Waals surface area contributed by atoms with Crippen molar-refractivity contribution in [3.8, 4) is 0 Å². The van der Waals surface area contributed by atoms with Crippen molar-refractivity contribution in [3.63, 3.8) is 0 Å². The molecule has 7 nitrogen and oxygen atoms in total. The van der Waals surface area contributed by atoms with E-state index in [1.165, 1.54) is 35.2 Å². The standard InChI is InChI=1S/C28H30BrCl2N3O4S/c1-4-19(2)32-28(36)20(3)33(17-21-8-10-22(29)11-9-21)27(35)18-34(25-7-5-6-24(31)16-25)39(37,38)26-14-12-23(30)13-15-26/h5-16,19-20H,4,17-18H2,1-3H3,(H,32,36)/t19-,20+/m1/s1. The molecule has 0 saturated carbocycles. The lowest BCUT2D eigenvalue weighted by atomic mass is 10.1. The van der Waals surface area contributed by atoms with Crippen LogP contribution in [-0.4, -0.2) is 43.8 Å². The smallest absolute Gasteiger partial charge is 0.264 e. The van der Waals surface area contributed by atoms with Crippen molar-refractivity contribution in [2.75, 3.05) is 10.8 Å². The number of hydrogen-bond donors (Lipinski definition) is 1. The Bertz CT molecular complexity index is 1400. The molecule has 2 amide bonds. The van der Waals surface area contributed by atoms with Gasteiger partial charge in [0.25, 0.3) is 10.0 Å². The highest BCUT2D eigenvalue weighted by Gasteiger charge is 2.33. The Kier molecular flexibility index (Phi) is 10.8. The molecule has 0 radical (unpaired) electrons. The monoisotopic (exact) mass is 653 g/mol. The molecular formula is C28H30BrCl2N3O4S. The first-order valence-electron chi connectivity index (χ1n) is 12.3. The average Bonchev–Trinajstić information content (AvgIpc) is 2.90. The fourth-order valence-electron chi connectivity index (χ4n) is 3.73. The van der Waals surface area contributed by atoms with Gasteiger partial charge in [0.15, 0.2) is 0 Å². The second kappa shape index (κ2) is 13.7. The summed E-state index contributed by atoms with van der Waals surface area (Å²) in [7, 11) is -4.20. The minimum Gasteiger partial charge on any atom is -0.352 e. The van der Waals surface area contributed by atoms with Gasteiger partial charge in [0.2, 0.25) is 11.8 Å². The van der Waals surface area contributed by atoms with E-state index in [0.717, 1.165) is 20.8 Å². The van der Waals surface area contributed by atoms with Crippen molar-refractivity contribution < 1.29 is 18.0 Å². The number of rotatable bonds is 11. The van der Waals surface area contributed by atoms with E-state index in [-0.39, 0.29) is 29.1 Å². The maximum atomic E-state index is 13.9. The second-order valence-electron chi connectivity index (χ2n) is 9.09. The number of nitrogens with one attached hydrogen (secondary N) is 1. The maximum Gasteiger partial charge on any atom is 0.264 e. The first-order chi connectivity index (χ1) is 18.4. The number of carbonyl (C=O) groups is 2. The molecule has 2 atom stereocenters. The Balaban J connectivity index is 2.02. The third-order valence-electron chi connectivity index (χ3n) is 6.21. The van der Waals surface area contributed by atoms with E-state index in [4.69, 9.17) is 23.2 Å². The van der Waals surface area contributed by atoms with Crippen LogP contribution >= 0.6 is 39.1 Å². The number of carbonyl (C=O) groups excluding carboxylic acids is 2. The normalized spacial score (nSPS) is 12.9. The van der Waals surface area contributed by atoms with Gasteiger partial charge >= 0.3 is 0 Å². The lowest BCUT2D eigenvalue weighted by Crippen LogP contribution is -2.52. The molecule has 0 aliphatic heterocycles. The summed E-state index contributed by atoms with van der Waals surface area (Å²) in [6.45, 7) is 5.01. The Morgan fingerprint density at radius 1 is 0.949 bits per heavy atom. The first kappa shape index (κ1) is 30.9. The predicted molar refractivity (Wildman–Crippen MR) is 159 cm³/mol. The lowest BCUT2D eigenvalue weighted by Gasteiger charge is -2.32. The van der Waals surface area contributed by atoms with Crippen molar-refractivity contribution in [3.05, 3.63) is 92.9 Å². The van der Waals surface area contributed by atoms with Gasteiger partial charge in [-0.1, -0.05) is 64.3 Å². The Morgan fingerprint density at radius 2 is 1.59 bits per heavy atom. The summed E-state index contributed by atoms with van der Waals surface area (Å²) in [6, 6.07) is 18.3. The van der Waals surface area contributed by atoms with Crippen LogP contribution in [0.5, 0.6) is 0 Å². The topological polar surface area (TPSA) is 86.8 Å². The van der Waals surface area contributed by atoms with Crippen LogP contribution in [-0.2, 0) is 26.2 Å². The third kappa shape index (κ3) is 8.20. The molecule has 3 aromatic rings. The highest BCUT2D eigenvalue weighted by molar-refractivity contribution is 9.10. The zero-order chi connectivity index (χ0) is 28.7. The zero-order valence-corrected chi connectivity index (χ0v) is 25.7. The van der Waals surface area contributed by atoms with E-state index in [9.17, 15) is 18.0 Å². The minimum absolute atomic E-state index is 0.0401. The fraction of sp³-hybridized carbons (Fsp3) is 0.286. The first-order valence-corrected chi connectivity index (χ1v) is 15.3. The molecule has 0 unspecified atom stereocenters. The van der Waals surface area contributed by atoms with E-state index >= 15 is 0 Å². The van der Waals surface area contributed by atoms with Gasteiger partial charge in [-0.05, 0) is 80.4 Å². The summed E-state index contributed by atoms with van der Waals surface area (Å²) in [4.78, 5) is 28.3. The summed E-state index contributed by atoms with van der Waals surface area (Å²) in [5.74, 6) is -0.882. The second-order valence-corrected chi connectivity index (χ2v) is 12.7. The van der Waals surface area contributed by atoms with Gasteiger partial charge in [-0.25, -0.2) is 8.42 Å². The lowest BCUT2D eigenvalue weighted by molar-refractivity contribution is -0.139. The van der Waals surface area contributed by atoms with Crippen LogP contribution in [0.3, 0.4) is 0 Å². The fourth-order valence-corrected chi connectivity index (χ4v) is 5.71. The van der Waals surface area contributed by atoms with Gasteiger partial charge in [-0.3, -0.25) is 13.9 Å². The molecule has 3 aromatic carbocycles. The summed E-state index contributed by atoms with van der Waals surface area (Å²) in [5, 5.41) is 3.60. The Hall–Kier alpha value is -2.59. The third-order valence-corrected chi connectivity index (χ3v) is 9.02. The summed E-state index contributed by atoms with van der Waals surface area (Å²) < 4.78 is 29.4. The molecule has 3 rings (SSSR count). The van der Waals surface area contributed by atoms with Gasteiger partial charge < -0.3 is 10.2 Å². The van der Waals surface area contributed by atoms with Crippen molar-refractivity contribution in [1.29, 1.82) is 0 Å². The molecule has 0 heterocycles. The number of hydrogen-bond acceptors (Lipinski definition) is 4. The Morgan fingerprint density at radius 3 is 2.18 bits per heavy atom. The molecule has 0 spiro atoms. The average molecular weight is 655 g/mol. The molecule has 0 bridgehead atoms. The largest absolute Gasteiger partial charge is 0.352 e. The van der Waals surface area contributed by atoms with E-state index in [2.05, 4.69) is 21.2 Å². The molecule has 11 heteroatoms. The quantitative estimate of drug-likeness (QED) is 0.264. The summed E-state index contributed by atoms with van der Waals surface area (Å²) >= 11 is 15.6. The van der Waals surface area contributed by atoms with E-state index in [1.54, 1.807) is 25.1 Å². The Labute approximate surface area is 248 Å². The van der Waals surface area contributed by atoms with Gasteiger partial charge in [0, 0.05) is 27.1 Å². The molecular weight excluding hydrogens is 625 g/mol. The number of anilines is 1. The van der Waals surface area contributed by atoms with Crippen LogP contribution in [0, 0.1) is 0 Å². The molecule has 39 heavy (non-hydrogen) atoms. The van der Waals surface area contributed by atoms with E-state index in [0.29, 0.717) is 10.0 Å². The van der Waals surface area contributed by atoms with E-state index < -0.39 is 28.5 Å². The SMILES string of the molecule is CC[C@@H](C)NC(=O)[C@H](C)N(Cc1ccc(Br)cc1)C(=O)CN(c1cccc(Cl)c1)S(=O)(=O)c1ccc(Cl)cc1. The van der Waals surface area contributed by atoms with Gasteiger partial charge in [-0.2, -0.15) is 0 Å². The zero-order valence-electron chi connectivity index (χ0n) is 21.8. The molecule has 0 fully saturated rings. The number of nitrogens with zero attached hydrogens (tertiary/aromatic N) is 2. The van der Waals surface area contributed by atoms with Crippen LogP contribution in [0.4, 0.5) is 5.69 Å². The van der Waals surface area contributed by atoms with Crippen LogP contribution < -0.4 is 9.62 Å². The minimum atomic E-state index is -4.20. The highest BCUT2D eigenvalue weighted by Crippen LogP contribution is 2.27. The maximum absolute atomic E-state index is 13.9. The van der Waals surface area contributed by atoms with Crippen LogP contribution in [0.2, 0.25) is 10.0 Å². The molecule has 208 valence electrons. The predicted octanol–water partition coefficient (Wildman–Crippen LogP) is 6.28. The highest BCUT2D eigenvalue weighted by atomic mass is 79.9. The molecule has 0 aliphatic rings. The van der Waals surface area contributed by atoms with Crippen LogP contribution in [0.15, 0.2) is 82.2 Å². The summed E-state index contributed by atoms with van der Waals surface area (Å²) in [6.07, 6.45) is 0.723.